The normalized spacial score (nSPS) is 12.1. The van der Waals surface area contributed by atoms with Gasteiger partial charge in [0.1, 0.15) is 10.6 Å². The smallest absolute Gasteiger partial charge is 0.252 e. The van der Waals surface area contributed by atoms with Crippen LogP contribution in [0.3, 0.4) is 0 Å². The maximum absolute atomic E-state index is 12.3. The van der Waals surface area contributed by atoms with E-state index in [-0.39, 0.29) is 0 Å². The molecule has 1 aromatic rings. The van der Waals surface area contributed by atoms with Gasteiger partial charge >= 0.3 is 0 Å². The molecule has 0 bridgehead atoms. The molecule has 0 spiro atoms. The lowest BCUT2D eigenvalue weighted by atomic mass is 10.3. The molecule has 0 saturated heterocycles. The Bertz CT molecular complexity index is 491. The largest absolute Gasteiger partial charge is 0.281 e. The molecule has 0 saturated carbocycles. The van der Waals surface area contributed by atoms with Crippen LogP contribution in [0.15, 0.2) is 11.1 Å². The maximum Gasteiger partial charge on any atom is 0.281 e. The first-order chi connectivity index (χ1) is 6.75. The fourth-order valence-electron chi connectivity index (χ4n) is 0.838. The van der Waals surface area contributed by atoms with Crippen LogP contribution >= 0.6 is 33.9 Å². The summed E-state index contributed by atoms with van der Waals surface area (Å²) in [5, 5.41) is -1.16. The Hall–Kier alpha value is -0.170. The molecule has 1 heterocycles. The molecule has 0 fully saturated rings. The van der Waals surface area contributed by atoms with Gasteiger partial charge in [0.2, 0.25) is 0 Å². The third-order valence-electron chi connectivity index (χ3n) is 1.41. The van der Waals surface area contributed by atoms with Crippen LogP contribution in [0.5, 0.6) is 0 Å². The molecular formula is C6H2Cl3F2NO2S. The van der Waals surface area contributed by atoms with Crippen molar-refractivity contribution in [2.45, 2.75) is 11.3 Å². The first-order valence-electron chi connectivity index (χ1n) is 3.32. The van der Waals surface area contributed by atoms with Crippen molar-refractivity contribution < 1.29 is 17.2 Å². The second kappa shape index (κ2) is 4.37. The third kappa shape index (κ3) is 2.69. The van der Waals surface area contributed by atoms with E-state index in [1.54, 1.807) is 0 Å². The van der Waals surface area contributed by atoms with Crippen LogP contribution in [-0.4, -0.2) is 13.4 Å². The van der Waals surface area contributed by atoms with Gasteiger partial charge in [-0.25, -0.2) is 17.2 Å². The van der Waals surface area contributed by atoms with Crippen LogP contribution < -0.4 is 0 Å². The summed E-state index contributed by atoms with van der Waals surface area (Å²) in [5.41, 5.74) is -0.875. The van der Waals surface area contributed by atoms with Crippen molar-refractivity contribution in [3.8, 4) is 0 Å². The van der Waals surface area contributed by atoms with Crippen molar-refractivity contribution in [3.63, 3.8) is 0 Å². The second-order valence-corrected chi connectivity index (χ2v) is 5.66. The minimum atomic E-state index is -4.29. The van der Waals surface area contributed by atoms with Gasteiger partial charge in [0.05, 0.1) is 10.0 Å². The number of rotatable bonds is 2. The number of halogens is 5. The fourth-order valence-corrected chi connectivity index (χ4v) is 3.19. The van der Waals surface area contributed by atoms with E-state index < -0.39 is 36.1 Å². The summed E-state index contributed by atoms with van der Waals surface area (Å²) < 4.78 is 46.5. The highest BCUT2D eigenvalue weighted by Crippen LogP contribution is 2.36. The standard InChI is InChI=1S/C6H2Cl3F2NO2S/c7-2-1-12-4(6(10)11)3(8)5(2)15(9,13)14/h1,6H. The summed E-state index contributed by atoms with van der Waals surface area (Å²) in [6.07, 6.45) is -2.25. The van der Waals surface area contributed by atoms with Crippen molar-refractivity contribution in [1.29, 1.82) is 0 Å². The lowest BCUT2D eigenvalue weighted by Crippen LogP contribution is -2.00. The Morgan fingerprint density at radius 1 is 1.33 bits per heavy atom. The maximum atomic E-state index is 12.3. The van der Waals surface area contributed by atoms with Gasteiger partial charge in [-0.05, 0) is 0 Å². The number of aromatic nitrogens is 1. The molecule has 0 radical (unpaired) electrons. The van der Waals surface area contributed by atoms with Gasteiger partial charge in [-0.3, -0.25) is 4.98 Å². The highest BCUT2D eigenvalue weighted by molar-refractivity contribution is 8.14. The quantitative estimate of drug-likeness (QED) is 0.787. The Kier molecular flexibility index (Phi) is 3.76. The minimum absolute atomic E-state index is 0.403. The van der Waals surface area contributed by atoms with Crippen molar-refractivity contribution in [2.24, 2.45) is 0 Å². The molecule has 0 aliphatic rings. The first kappa shape index (κ1) is 12.9. The summed E-state index contributed by atoms with van der Waals surface area (Å²) in [5.74, 6) is 0. The van der Waals surface area contributed by atoms with E-state index >= 15 is 0 Å². The molecule has 0 amide bonds. The molecule has 0 aliphatic carbocycles. The van der Waals surface area contributed by atoms with E-state index in [0.717, 1.165) is 6.20 Å². The first-order valence-corrected chi connectivity index (χ1v) is 6.38. The topological polar surface area (TPSA) is 47.0 Å². The van der Waals surface area contributed by atoms with Gasteiger partial charge in [-0.1, -0.05) is 23.2 Å². The molecule has 0 aliphatic heterocycles. The molecule has 9 heteroatoms. The van der Waals surface area contributed by atoms with E-state index in [9.17, 15) is 17.2 Å². The Labute approximate surface area is 98.4 Å². The zero-order chi connectivity index (χ0) is 11.8. The molecule has 1 rings (SSSR count). The average Bonchev–Trinajstić information content (AvgIpc) is 2.00. The van der Waals surface area contributed by atoms with Crippen LogP contribution in [0.2, 0.25) is 10.0 Å². The SMILES string of the molecule is O=S(=O)(Cl)c1c(Cl)cnc(C(F)F)c1Cl. The van der Waals surface area contributed by atoms with Crippen molar-refractivity contribution in [2.75, 3.05) is 0 Å². The van der Waals surface area contributed by atoms with E-state index in [2.05, 4.69) is 4.98 Å². The lowest BCUT2D eigenvalue weighted by Gasteiger charge is -2.06. The zero-order valence-electron chi connectivity index (χ0n) is 6.72. The molecule has 3 nitrogen and oxygen atoms in total. The van der Waals surface area contributed by atoms with Gasteiger partial charge in [-0.15, -0.1) is 0 Å². The van der Waals surface area contributed by atoms with Crippen molar-refractivity contribution in [3.05, 3.63) is 21.9 Å². The molecule has 0 N–H and O–H groups in total. The lowest BCUT2D eigenvalue weighted by molar-refractivity contribution is 0.146. The Morgan fingerprint density at radius 2 is 1.87 bits per heavy atom. The summed E-state index contributed by atoms with van der Waals surface area (Å²) in [6, 6.07) is 0. The molecule has 1 aromatic heterocycles. The molecular weight excluding hydrogens is 294 g/mol. The molecule has 84 valence electrons. The predicted octanol–water partition coefficient (Wildman–Crippen LogP) is 3.25. The van der Waals surface area contributed by atoms with Gasteiger partial charge in [0.25, 0.3) is 15.5 Å². The van der Waals surface area contributed by atoms with E-state index in [4.69, 9.17) is 33.9 Å². The summed E-state index contributed by atoms with van der Waals surface area (Å²) >= 11 is 10.8. The summed E-state index contributed by atoms with van der Waals surface area (Å²) in [7, 11) is 0.691. The van der Waals surface area contributed by atoms with Crippen LogP contribution in [0, 0.1) is 0 Å². The highest BCUT2D eigenvalue weighted by atomic mass is 35.7. The van der Waals surface area contributed by atoms with E-state index in [0.29, 0.717) is 0 Å². The fraction of sp³-hybridized carbons (Fsp3) is 0.167. The van der Waals surface area contributed by atoms with Crippen LogP contribution in [0.1, 0.15) is 12.1 Å². The van der Waals surface area contributed by atoms with Gasteiger partial charge < -0.3 is 0 Å². The second-order valence-electron chi connectivity index (χ2n) is 2.37. The van der Waals surface area contributed by atoms with Crippen LogP contribution in [-0.2, 0) is 9.05 Å². The third-order valence-corrected chi connectivity index (χ3v) is 3.68. The number of pyridine rings is 1. The molecule has 15 heavy (non-hydrogen) atoms. The van der Waals surface area contributed by atoms with Gasteiger partial charge in [-0.2, -0.15) is 0 Å². The monoisotopic (exact) mass is 295 g/mol. The molecule has 0 unspecified atom stereocenters. The molecule has 0 atom stereocenters. The van der Waals surface area contributed by atoms with Crippen molar-refractivity contribution in [1.82, 2.24) is 4.98 Å². The molecule has 0 aromatic carbocycles. The predicted molar refractivity (Wildman–Crippen MR) is 52.3 cm³/mol. The number of nitrogens with zero attached hydrogens (tertiary/aromatic N) is 1. The highest BCUT2D eigenvalue weighted by Gasteiger charge is 2.26. The van der Waals surface area contributed by atoms with E-state index in [1.165, 1.54) is 0 Å². The number of hydrogen-bond acceptors (Lipinski definition) is 3. The Morgan fingerprint density at radius 3 is 2.27 bits per heavy atom. The van der Waals surface area contributed by atoms with Crippen LogP contribution in [0.4, 0.5) is 8.78 Å². The van der Waals surface area contributed by atoms with E-state index in [1.807, 2.05) is 0 Å². The van der Waals surface area contributed by atoms with Crippen LogP contribution in [0.25, 0.3) is 0 Å². The summed E-state index contributed by atoms with van der Waals surface area (Å²) in [6.45, 7) is 0. The van der Waals surface area contributed by atoms with Gasteiger partial charge in [0.15, 0.2) is 0 Å². The Balaban J connectivity index is 3.59. The van der Waals surface area contributed by atoms with Crippen molar-refractivity contribution >= 4 is 42.9 Å². The zero-order valence-corrected chi connectivity index (χ0v) is 9.80. The van der Waals surface area contributed by atoms with Gasteiger partial charge in [0, 0.05) is 16.9 Å². The minimum Gasteiger partial charge on any atom is -0.252 e. The number of alkyl halides is 2. The average molecular weight is 297 g/mol. The summed E-state index contributed by atoms with van der Waals surface area (Å²) in [4.78, 5) is 2.46. The number of hydrogen-bond donors (Lipinski definition) is 0.